The lowest BCUT2D eigenvalue weighted by Gasteiger charge is -2.07. The summed E-state index contributed by atoms with van der Waals surface area (Å²) in [6.07, 6.45) is 1.68. The van der Waals surface area contributed by atoms with Crippen molar-refractivity contribution in [1.29, 1.82) is 0 Å². The maximum absolute atomic E-state index is 4.00. The molecule has 5 nitrogen and oxygen atoms in total. The predicted octanol–water partition coefficient (Wildman–Crippen LogP) is 1.03. The van der Waals surface area contributed by atoms with Crippen molar-refractivity contribution < 1.29 is 0 Å². The van der Waals surface area contributed by atoms with Gasteiger partial charge >= 0.3 is 0 Å². The minimum Gasteiger partial charge on any atom is -0.356 e. The molecule has 0 unspecified atom stereocenters. The molecule has 3 N–H and O–H groups in total. The summed E-state index contributed by atoms with van der Waals surface area (Å²) in [5, 5.41) is 12.7. The fourth-order valence-corrected chi connectivity index (χ4v) is 0.800. The van der Waals surface area contributed by atoms with E-state index in [1.807, 2.05) is 13.0 Å². The van der Waals surface area contributed by atoms with Crippen LogP contribution in [0.4, 0.5) is 5.82 Å². The molecule has 0 saturated carbocycles. The number of hydrogen-bond acceptors (Lipinski definition) is 2. The van der Waals surface area contributed by atoms with Crippen LogP contribution in [0.2, 0.25) is 0 Å². The van der Waals surface area contributed by atoms with Crippen molar-refractivity contribution in [1.82, 2.24) is 15.5 Å². The maximum Gasteiger partial charge on any atom is 0.196 e. The normalized spacial score (nSPS) is 10.5. The Bertz CT molecular complexity index is 243. The van der Waals surface area contributed by atoms with Gasteiger partial charge in [-0.05, 0) is 6.92 Å². The number of aliphatic imine (C=N–C) groups is 1. The Labute approximate surface area is 94.4 Å². The Morgan fingerprint density at radius 3 is 2.92 bits per heavy atom. The zero-order chi connectivity index (χ0) is 8.81. The molecular weight excluding hydrogens is 281 g/mol. The molecule has 0 radical (unpaired) electrons. The van der Waals surface area contributed by atoms with Gasteiger partial charge in [0.05, 0.1) is 6.20 Å². The molecule has 0 fully saturated rings. The highest BCUT2D eigenvalue weighted by Gasteiger charge is 1.96. The SMILES string of the molecule is CCNC(=NC)Nc1ccn[nH]1.I. The molecule has 0 amide bonds. The number of rotatable bonds is 2. The minimum absolute atomic E-state index is 0. The van der Waals surface area contributed by atoms with Crippen LogP contribution in [-0.4, -0.2) is 29.7 Å². The van der Waals surface area contributed by atoms with Gasteiger partial charge < -0.3 is 10.6 Å². The minimum atomic E-state index is 0. The summed E-state index contributed by atoms with van der Waals surface area (Å²) >= 11 is 0. The zero-order valence-corrected chi connectivity index (χ0v) is 9.99. The number of anilines is 1. The highest BCUT2D eigenvalue weighted by molar-refractivity contribution is 14.0. The second kappa shape index (κ2) is 6.70. The van der Waals surface area contributed by atoms with Gasteiger partial charge in [0.25, 0.3) is 0 Å². The number of nitrogens with one attached hydrogen (secondary N) is 3. The van der Waals surface area contributed by atoms with Crippen LogP contribution in [0.1, 0.15) is 6.92 Å². The fourth-order valence-electron chi connectivity index (χ4n) is 0.800. The van der Waals surface area contributed by atoms with E-state index in [2.05, 4.69) is 25.8 Å². The van der Waals surface area contributed by atoms with Gasteiger partial charge in [0.1, 0.15) is 5.82 Å². The van der Waals surface area contributed by atoms with Crippen molar-refractivity contribution in [2.24, 2.45) is 4.99 Å². The van der Waals surface area contributed by atoms with E-state index in [-0.39, 0.29) is 24.0 Å². The van der Waals surface area contributed by atoms with Gasteiger partial charge in [0.15, 0.2) is 5.96 Å². The molecule has 0 atom stereocenters. The number of aromatic amines is 1. The third kappa shape index (κ3) is 4.11. The summed E-state index contributed by atoms with van der Waals surface area (Å²) in [4.78, 5) is 4.00. The molecule has 1 aromatic rings. The zero-order valence-electron chi connectivity index (χ0n) is 7.66. The molecule has 74 valence electrons. The van der Waals surface area contributed by atoms with Gasteiger partial charge in [0, 0.05) is 19.7 Å². The molecular formula is C7H14IN5. The number of hydrogen-bond donors (Lipinski definition) is 3. The quantitative estimate of drug-likeness (QED) is 0.434. The van der Waals surface area contributed by atoms with Crippen molar-refractivity contribution in [3.05, 3.63) is 12.3 Å². The summed E-state index contributed by atoms with van der Waals surface area (Å²) in [5.41, 5.74) is 0. The number of halogens is 1. The van der Waals surface area contributed by atoms with Crippen LogP contribution in [-0.2, 0) is 0 Å². The second-order valence-electron chi connectivity index (χ2n) is 2.20. The maximum atomic E-state index is 4.00. The summed E-state index contributed by atoms with van der Waals surface area (Å²) in [6, 6.07) is 1.84. The lowest BCUT2D eigenvalue weighted by atomic mass is 10.6. The van der Waals surface area contributed by atoms with Crippen molar-refractivity contribution in [2.75, 3.05) is 18.9 Å². The van der Waals surface area contributed by atoms with E-state index in [9.17, 15) is 0 Å². The Balaban J connectivity index is 0.00000144. The molecule has 1 rings (SSSR count). The third-order valence-electron chi connectivity index (χ3n) is 1.32. The fraction of sp³-hybridized carbons (Fsp3) is 0.429. The lowest BCUT2D eigenvalue weighted by Crippen LogP contribution is -2.30. The van der Waals surface area contributed by atoms with Gasteiger partial charge in [-0.15, -0.1) is 24.0 Å². The first-order valence-corrected chi connectivity index (χ1v) is 3.84. The van der Waals surface area contributed by atoms with Crippen LogP contribution in [0.5, 0.6) is 0 Å². The first-order valence-electron chi connectivity index (χ1n) is 3.84. The van der Waals surface area contributed by atoms with Gasteiger partial charge in [-0.3, -0.25) is 10.1 Å². The Hall–Kier alpha value is -0.790. The third-order valence-corrected chi connectivity index (χ3v) is 1.32. The van der Waals surface area contributed by atoms with Crippen molar-refractivity contribution in [3.8, 4) is 0 Å². The number of guanidine groups is 1. The number of nitrogens with zero attached hydrogens (tertiary/aromatic N) is 2. The first-order chi connectivity index (χ1) is 5.86. The van der Waals surface area contributed by atoms with Crippen LogP contribution in [0.3, 0.4) is 0 Å². The Morgan fingerprint density at radius 1 is 1.69 bits per heavy atom. The van der Waals surface area contributed by atoms with Crippen molar-refractivity contribution in [2.45, 2.75) is 6.92 Å². The molecule has 0 aliphatic carbocycles. The van der Waals surface area contributed by atoms with E-state index in [1.54, 1.807) is 13.2 Å². The van der Waals surface area contributed by atoms with Crippen LogP contribution in [0, 0.1) is 0 Å². The van der Waals surface area contributed by atoms with Gasteiger partial charge in [-0.2, -0.15) is 5.10 Å². The lowest BCUT2D eigenvalue weighted by molar-refractivity contribution is 0.955. The monoisotopic (exact) mass is 295 g/mol. The summed E-state index contributed by atoms with van der Waals surface area (Å²) in [6.45, 7) is 2.85. The first kappa shape index (κ1) is 12.2. The van der Waals surface area contributed by atoms with E-state index >= 15 is 0 Å². The van der Waals surface area contributed by atoms with E-state index in [4.69, 9.17) is 0 Å². The van der Waals surface area contributed by atoms with Crippen LogP contribution < -0.4 is 10.6 Å². The van der Waals surface area contributed by atoms with Gasteiger partial charge in [-0.25, -0.2) is 0 Å². The van der Waals surface area contributed by atoms with E-state index < -0.39 is 0 Å². The van der Waals surface area contributed by atoms with E-state index in [0.717, 1.165) is 18.3 Å². The Morgan fingerprint density at radius 2 is 2.46 bits per heavy atom. The molecule has 6 heteroatoms. The topological polar surface area (TPSA) is 65.1 Å². The molecule has 13 heavy (non-hydrogen) atoms. The highest BCUT2D eigenvalue weighted by atomic mass is 127. The summed E-state index contributed by atoms with van der Waals surface area (Å²) in [7, 11) is 1.72. The summed E-state index contributed by atoms with van der Waals surface area (Å²) < 4.78 is 0. The number of H-pyrrole nitrogens is 1. The average molecular weight is 295 g/mol. The summed E-state index contributed by atoms with van der Waals surface area (Å²) in [5.74, 6) is 1.57. The number of aromatic nitrogens is 2. The average Bonchev–Trinajstić information content (AvgIpc) is 2.56. The molecule has 0 bridgehead atoms. The van der Waals surface area contributed by atoms with Crippen LogP contribution in [0.15, 0.2) is 17.3 Å². The highest BCUT2D eigenvalue weighted by Crippen LogP contribution is 1.96. The van der Waals surface area contributed by atoms with Crippen LogP contribution in [0.25, 0.3) is 0 Å². The standard InChI is InChI=1S/C7H13N5.HI/c1-3-9-7(8-2)11-6-4-5-10-12-6;/h4-5H,3H2,1-2H3,(H3,8,9,10,11,12);1H. The van der Waals surface area contributed by atoms with E-state index in [1.165, 1.54) is 0 Å². The van der Waals surface area contributed by atoms with Gasteiger partial charge in [-0.1, -0.05) is 0 Å². The van der Waals surface area contributed by atoms with Crippen molar-refractivity contribution >= 4 is 35.8 Å². The molecule has 1 aromatic heterocycles. The van der Waals surface area contributed by atoms with Gasteiger partial charge in [0.2, 0.25) is 0 Å². The smallest absolute Gasteiger partial charge is 0.196 e. The molecule has 1 heterocycles. The molecule has 0 saturated heterocycles. The second-order valence-corrected chi connectivity index (χ2v) is 2.20. The molecule has 0 aliphatic rings. The molecule has 0 aromatic carbocycles. The largest absolute Gasteiger partial charge is 0.356 e. The van der Waals surface area contributed by atoms with Crippen molar-refractivity contribution in [3.63, 3.8) is 0 Å². The van der Waals surface area contributed by atoms with Crippen LogP contribution >= 0.6 is 24.0 Å². The van der Waals surface area contributed by atoms with E-state index in [0.29, 0.717) is 0 Å². The molecule has 0 spiro atoms. The molecule has 0 aliphatic heterocycles. The Kier molecular flexibility index (Phi) is 6.29. The predicted molar refractivity (Wildman–Crippen MR) is 64.7 cm³/mol.